The number of nitrogens with one attached hydrogen (secondary N) is 2. The lowest BCUT2D eigenvalue weighted by atomic mass is 10.2. The van der Waals surface area contributed by atoms with Gasteiger partial charge in [-0.15, -0.1) is 0 Å². The molecule has 0 aliphatic rings. The van der Waals surface area contributed by atoms with E-state index in [9.17, 15) is 14.9 Å². The van der Waals surface area contributed by atoms with Gasteiger partial charge in [0, 0.05) is 28.7 Å². The number of aryl methyl sites for hydroxylation is 2. The van der Waals surface area contributed by atoms with Gasteiger partial charge in [0.05, 0.1) is 4.92 Å². The van der Waals surface area contributed by atoms with E-state index in [2.05, 4.69) is 31.5 Å². The Morgan fingerprint density at radius 1 is 1.29 bits per heavy atom. The summed E-state index contributed by atoms with van der Waals surface area (Å²) in [5.74, 6) is 0.386. The van der Waals surface area contributed by atoms with Crippen LogP contribution in [0.25, 0.3) is 0 Å². The van der Waals surface area contributed by atoms with E-state index in [1.807, 2.05) is 25.1 Å². The first-order chi connectivity index (χ1) is 11.4. The number of amides is 1. The molecule has 1 heterocycles. The zero-order valence-electron chi connectivity index (χ0n) is 13.3. The average molecular weight is 393 g/mol. The lowest BCUT2D eigenvalue weighted by molar-refractivity contribution is -0.385. The fraction of sp³-hybridized carbons (Fsp3) is 0.250. The highest BCUT2D eigenvalue weighted by Gasteiger charge is 2.11. The van der Waals surface area contributed by atoms with Crippen LogP contribution in [0.3, 0.4) is 0 Å². The van der Waals surface area contributed by atoms with Crippen molar-refractivity contribution < 1.29 is 9.72 Å². The van der Waals surface area contributed by atoms with Gasteiger partial charge < -0.3 is 10.6 Å². The molecule has 1 aromatic heterocycles. The normalized spacial score (nSPS) is 10.3. The molecular formula is C16H17BrN4O3. The van der Waals surface area contributed by atoms with Crippen LogP contribution in [0.1, 0.15) is 17.5 Å². The Bertz CT molecular complexity index is 780. The summed E-state index contributed by atoms with van der Waals surface area (Å²) in [4.78, 5) is 26.2. The highest BCUT2D eigenvalue weighted by molar-refractivity contribution is 9.10. The molecule has 7 nitrogen and oxygen atoms in total. The minimum Gasteiger partial charge on any atom is -0.370 e. The van der Waals surface area contributed by atoms with Crippen LogP contribution in [0.5, 0.6) is 0 Å². The van der Waals surface area contributed by atoms with E-state index in [1.54, 1.807) is 13.0 Å². The van der Waals surface area contributed by atoms with Crippen molar-refractivity contribution in [1.29, 1.82) is 0 Å². The molecule has 1 amide bonds. The minimum absolute atomic E-state index is 0.0241. The van der Waals surface area contributed by atoms with E-state index in [0.29, 0.717) is 17.9 Å². The third kappa shape index (κ3) is 4.76. The molecule has 0 unspecified atom stereocenters. The molecule has 2 rings (SSSR count). The second-order valence-electron chi connectivity index (χ2n) is 5.30. The molecule has 2 N–H and O–H groups in total. The van der Waals surface area contributed by atoms with Gasteiger partial charge in [-0.3, -0.25) is 14.9 Å². The zero-order valence-corrected chi connectivity index (χ0v) is 14.9. The summed E-state index contributed by atoms with van der Waals surface area (Å²) < 4.78 is 0.958. The van der Waals surface area contributed by atoms with Crippen molar-refractivity contribution in [3.63, 3.8) is 0 Å². The number of nitro groups is 1. The van der Waals surface area contributed by atoms with Crippen molar-refractivity contribution >= 4 is 39.0 Å². The Kier molecular flexibility index (Phi) is 5.86. The highest BCUT2D eigenvalue weighted by Crippen LogP contribution is 2.20. The fourth-order valence-electron chi connectivity index (χ4n) is 2.12. The predicted octanol–water partition coefficient (Wildman–Crippen LogP) is 3.81. The average Bonchev–Trinajstić information content (AvgIpc) is 2.50. The number of pyridine rings is 1. The van der Waals surface area contributed by atoms with E-state index in [1.165, 1.54) is 6.20 Å². The van der Waals surface area contributed by atoms with Crippen LogP contribution in [-0.2, 0) is 4.79 Å². The van der Waals surface area contributed by atoms with Gasteiger partial charge in [0.15, 0.2) is 0 Å². The summed E-state index contributed by atoms with van der Waals surface area (Å²) in [5.41, 5.74) is 2.24. The van der Waals surface area contributed by atoms with Crippen LogP contribution in [0, 0.1) is 24.0 Å². The molecule has 8 heteroatoms. The Hall–Kier alpha value is -2.48. The quantitative estimate of drug-likeness (QED) is 0.575. The fourth-order valence-corrected chi connectivity index (χ4v) is 2.60. The first kappa shape index (κ1) is 17.9. The first-order valence-corrected chi connectivity index (χ1v) is 8.07. The van der Waals surface area contributed by atoms with Crippen LogP contribution in [0.15, 0.2) is 34.9 Å². The Morgan fingerprint density at radius 2 is 2.04 bits per heavy atom. The molecule has 0 saturated heterocycles. The van der Waals surface area contributed by atoms with Crippen molar-refractivity contribution in [1.82, 2.24) is 4.98 Å². The number of hydrogen-bond acceptors (Lipinski definition) is 5. The van der Waals surface area contributed by atoms with Crippen LogP contribution < -0.4 is 10.6 Å². The van der Waals surface area contributed by atoms with Gasteiger partial charge in [-0.1, -0.05) is 15.9 Å². The van der Waals surface area contributed by atoms with E-state index in [0.717, 1.165) is 15.7 Å². The Morgan fingerprint density at radius 3 is 2.67 bits per heavy atom. The second-order valence-corrected chi connectivity index (χ2v) is 6.21. The Labute approximate surface area is 147 Å². The SMILES string of the molecule is Cc1cc(Br)ccc1NC(=O)CCNc1cc(C)c([N+](=O)[O-])cn1. The smallest absolute Gasteiger partial charge is 0.290 e. The summed E-state index contributed by atoms with van der Waals surface area (Å²) in [7, 11) is 0. The van der Waals surface area contributed by atoms with Crippen molar-refractivity contribution in [3.8, 4) is 0 Å². The number of anilines is 2. The molecule has 1 aromatic carbocycles. The largest absolute Gasteiger partial charge is 0.370 e. The number of hydrogen-bond donors (Lipinski definition) is 2. The molecule has 0 aliphatic carbocycles. The molecule has 0 saturated carbocycles. The van der Waals surface area contributed by atoms with Crippen LogP contribution in [0.4, 0.5) is 17.2 Å². The number of carbonyl (C=O) groups excluding carboxylic acids is 1. The second kappa shape index (κ2) is 7.87. The Balaban J connectivity index is 1.86. The monoisotopic (exact) mass is 392 g/mol. The molecule has 0 fully saturated rings. The topological polar surface area (TPSA) is 97.2 Å². The summed E-state index contributed by atoms with van der Waals surface area (Å²) in [6, 6.07) is 7.22. The van der Waals surface area contributed by atoms with E-state index in [4.69, 9.17) is 0 Å². The first-order valence-electron chi connectivity index (χ1n) is 7.27. The van der Waals surface area contributed by atoms with Crippen molar-refractivity contribution in [2.45, 2.75) is 20.3 Å². The highest BCUT2D eigenvalue weighted by atomic mass is 79.9. The molecule has 126 valence electrons. The number of benzene rings is 1. The van der Waals surface area contributed by atoms with E-state index in [-0.39, 0.29) is 18.0 Å². The molecule has 0 radical (unpaired) electrons. The van der Waals surface area contributed by atoms with Gasteiger partial charge in [0.1, 0.15) is 12.0 Å². The van der Waals surface area contributed by atoms with Crippen molar-refractivity contribution in [2.24, 2.45) is 0 Å². The zero-order chi connectivity index (χ0) is 17.7. The summed E-state index contributed by atoms with van der Waals surface area (Å²) in [5, 5.41) is 16.6. The lowest BCUT2D eigenvalue weighted by Crippen LogP contribution is -2.17. The van der Waals surface area contributed by atoms with Crippen molar-refractivity contribution in [2.75, 3.05) is 17.2 Å². The standard InChI is InChI=1S/C16H17BrN4O3/c1-10-7-12(17)3-4-13(10)20-16(22)5-6-18-15-8-11(2)14(9-19-15)21(23)24/h3-4,7-9H,5-6H2,1-2H3,(H,18,19)(H,20,22). The summed E-state index contributed by atoms with van der Waals surface area (Å²) >= 11 is 3.38. The van der Waals surface area contributed by atoms with E-state index < -0.39 is 4.92 Å². The molecule has 0 bridgehead atoms. The van der Waals surface area contributed by atoms with Gasteiger partial charge in [0.2, 0.25) is 5.91 Å². The third-order valence-corrected chi connectivity index (χ3v) is 3.89. The van der Waals surface area contributed by atoms with Gasteiger partial charge in [-0.25, -0.2) is 4.98 Å². The maximum Gasteiger partial charge on any atom is 0.290 e. The summed E-state index contributed by atoms with van der Waals surface area (Å²) in [6.07, 6.45) is 1.47. The van der Waals surface area contributed by atoms with Gasteiger partial charge >= 0.3 is 0 Å². The number of aromatic nitrogens is 1. The van der Waals surface area contributed by atoms with Crippen LogP contribution >= 0.6 is 15.9 Å². The molecular weight excluding hydrogens is 376 g/mol. The molecule has 24 heavy (non-hydrogen) atoms. The number of carbonyl (C=O) groups is 1. The number of halogens is 1. The number of nitrogens with zero attached hydrogens (tertiary/aromatic N) is 2. The van der Waals surface area contributed by atoms with E-state index >= 15 is 0 Å². The minimum atomic E-state index is -0.472. The third-order valence-electron chi connectivity index (χ3n) is 3.40. The lowest BCUT2D eigenvalue weighted by Gasteiger charge is -2.10. The molecule has 0 spiro atoms. The number of rotatable bonds is 6. The van der Waals surface area contributed by atoms with Gasteiger partial charge in [-0.2, -0.15) is 0 Å². The molecule has 2 aromatic rings. The molecule has 0 aliphatic heterocycles. The van der Waals surface area contributed by atoms with Gasteiger partial charge in [0.25, 0.3) is 5.69 Å². The predicted molar refractivity (Wildman–Crippen MR) is 96.2 cm³/mol. The van der Waals surface area contributed by atoms with Crippen LogP contribution in [-0.4, -0.2) is 22.4 Å². The maximum atomic E-state index is 12.0. The maximum absolute atomic E-state index is 12.0. The van der Waals surface area contributed by atoms with Gasteiger partial charge in [-0.05, 0) is 43.7 Å². The van der Waals surface area contributed by atoms with Crippen molar-refractivity contribution in [3.05, 3.63) is 56.2 Å². The van der Waals surface area contributed by atoms with Crippen LogP contribution in [0.2, 0.25) is 0 Å². The molecule has 0 atom stereocenters. The summed E-state index contributed by atoms with van der Waals surface area (Å²) in [6.45, 7) is 3.95.